The number of hydrogen-bond acceptors (Lipinski definition) is 0. The maximum Gasteiger partial charge on any atom is -0.0278 e. The summed E-state index contributed by atoms with van der Waals surface area (Å²) in [6.45, 7) is 4.51. The van der Waals surface area contributed by atoms with Gasteiger partial charge < -0.3 is 0 Å². The molecule has 0 unspecified atom stereocenters. The summed E-state index contributed by atoms with van der Waals surface area (Å²) in [6, 6.07) is 0. The zero-order chi connectivity index (χ0) is 5.54. The lowest BCUT2D eigenvalue weighted by molar-refractivity contribution is 0.896. The molecule has 0 aliphatic heterocycles. The quantitative estimate of drug-likeness (QED) is 0.498. The lowest BCUT2D eigenvalue weighted by atomic mass is 10.4. The van der Waals surface area contributed by atoms with E-state index < -0.39 is 0 Å². The van der Waals surface area contributed by atoms with Gasteiger partial charge in [-0.05, 0) is 17.9 Å². The Kier molecular flexibility index (Phi) is 6.67. The molecule has 0 amide bonds. The Labute approximate surface area is 50.7 Å². The number of rotatable bonds is 4. The Balaban J connectivity index is 2.45. The molecule has 0 aromatic rings. The minimum absolute atomic E-state index is 1.22. The van der Waals surface area contributed by atoms with Crippen molar-refractivity contribution in [1.29, 1.82) is 0 Å². The van der Waals surface area contributed by atoms with Crippen LogP contribution in [0.2, 0.25) is 0 Å². The third-order valence-electron chi connectivity index (χ3n) is 0.957. The molecule has 0 saturated heterocycles. The SMILES string of the molecule is CCCC[SH2]CC. The van der Waals surface area contributed by atoms with Gasteiger partial charge in [-0.2, -0.15) is 0 Å². The van der Waals surface area contributed by atoms with Crippen LogP contribution in [0.4, 0.5) is 0 Å². The van der Waals surface area contributed by atoms with Gasteiger partial charge in [0, 0.05) is 0 Å². The average molecular weight is 120 g/mol. The molecule has 0 radical (unpaired) electrons. The Morgan fingerprint density at radius 3 is 2.43 bits per heavy atom. The highest BCUT2D eigenvalue weighted by molar-refractivity contribution is 7.99. The van der Waals surface area contributed by atoms with Crippen LogP contribution in [0.15, 0.2) is 0 Å². The fourth-order valence-electron chi connectivity index (χ4n) is 0.479. The highest BCUT2D eigenvalue weighted by Gasteiger charge is 1.77. The maximum absolute atomic E-state index is 2.26. The van der Waals surface area contributed by atoms with Gasteiger partial charge in [-0.3, -0.25) is 11.8 Å². The molecule has 0 nitrogen and oxygen atoms in total. The van der Waals surface area contributed by atoms with Gasteiger partial charge >= 0.3 is 0 Å². The first-order valence-corrected chi connectivity index (χ1v) is 4.54. The van der Waals surface area contributed by atoms with Crippen molar-refractivity contribution in [2.75, 3.05) is 11.5 Å². The first-order chi connectivity index (χ1) is 3.41. The van der Waals surface area contributed by atoms with Gasteiger partial charge in [0.05, 0.1) is 0 Å². The second-order valence-corrected chi connectivity index (χ2v) is 3.41. The van der Waals surface area contributed by atoms with E-state index >= 15 is 0 Å². The highest BCUT2D eigenvalue weighted by Crippen LogP contribution is 2.01. The van der Waals surface area contributed by atoms with Gasteiger partial charge in [0.25, 0.3) is 0 Å². The second-order valence-electron chi connectivity index (χ2n) is 1.71. The van der Waals surface area contributed by atoms with Crippen LogP contribution >= 0.6 is 11.8 Å². The van der Waals surface area contributed by atoms with Gasteiger partial charge in [-0.15, -0.1) is 0 Å². The van der Waals surface area contributed by atoms with Gasteiger partial charge in [-0.1, -0.05) is 20.3 Å². The van der Waals surface area contributed by atoms with Crippen molar-refractivity contribution in [3.05, 3.63) is 0 Å². The van der Waals surface area contributed by atoms with E-state index in [1.165, 1.54) is 36.1 Å². The van der Waals surface area contributed by atoms with E-state index in [9.17, 15) is 0 Å². The van der Waals surface area contributed by atoms with Crippen molar-refractivity contribution in [3.63, 3.8) is 0 Å². The summed E-state index contributed by atoms with van der Waals surface area (Å²) in [4.78, 5) is 0. The summed E-state index contributed by atoms with van der Waals surface area (Å²) in [5.41, 5.74) is 0. The molecule has 0 aromatic heterocycles. The molecule has 0 N–H and O–H groups in total. The molecule has 0 bridgehead atoms. The van der Waals surface area contributed by atoms with E-state index in [2.05, 4.69) is 13.8 Å². The summed E-state index contributed by atoms with van der Waals surface area (Å²) in [7, 11) is 0. The lowest BCUT2D eigenvalue weighted by Gasteiger charge is -1.94. The van der Waals surface area contributed by atoms with Gasteiger partial charge in [0.1, 0.15) is 0 Å². The van der Waals surface area contributed by atoms with E-state index in [0.717, 1.165) is 0 Å². The van der Waals surface area contributed by atoms with Crippen molar-refractivity contribution in [2.24, 2.45) is 0 Å². The van der Waals surface area contributed by atoms with Crippen LogP contribution in [0.1, 0.15) is 26.7 Å². The summed E-state index contributed by atoms with van der Waals surface area (Å²) in [5, 5.41) is 0. The topological polar surface area (TPSA) is 0 Å². The highest BCUT2D eigenvalue weighted by atomic mass is 32.2. The van der Waals surface area contributed by atoms with Gasteiger partial charge in [0.2, 0.25) is 0 Å². The van der Waals surface area contributed by atoms with Crippen LogP contribution in [0, 0.1) is 0 Å². The first-order valence-electron chi connectivity index (χ1n) is 3.12. The van der Waals surface area contributed by atoms with Gasteiger partial charge in [-0.25, -0.2) is 0 Å². The van der Waals surface area contributed by atoms with Crippen molar-refractivity contribution >= 4 is 11.8 Å². The molecule has 0 heterocycles. The molecule has 0 rings (SSSR count). The van der Waals surface area contributed by atoms with E-state index in [1.807, 2.05) is 0 Å². The molecule has 0 aliphatic carbocycles. The Hall–Kier alpha value is 0.350. The molecule has 0 aliphatic rings. The minimum Gasteiger partial charge on any atom is -0.266 e. The number of unbranched alkanes of at least 4 members (excludes halogenated alkanes) is 1. The molecule has 0 spiro atoms. The predicted octanol–water partition coefficient (Wildman–Crippen LogP) is 2.00. The number of hydrogen-bond donors (Lipinski definition) is 0. The Bertz CT molecular complexity index is 23.4. The zero-order valence-corrected chi connectivity index (χ0v) is 6.33. The molecular formula is C6H16S. The predicted molar refractivity (Wildman–Crippen MR) is 40.7 cm³/mol. The Morgan fingerprint density at radius 1 is 1.29 bits per heavy atom. The third kappa shape index (κ3) is 6.35. The normalized spacial score (nSPS) is 12.3. The minimum atomic E-state index is 1.22. The standard InChI is InChI=1S/C6H16S/c1-3-5-6-7-4-2/h3-7H2,1-2H3. The summed E-state index contributed by atoms with van der Waals surface area (Å²) in [5.74, 6) is 2.85. The Morgan fingerprint density at radius 2 is 2.00 bits per heavy atom. The monoisotopic (exact) mass is 120 g/mol. The van der Waals surface area contributed by atoms with Crippen molar-refractivity contribution in [2.45, 2.75) is 26.7 Å². The molecule has 1 heteroatoms. The van der Waals surface area contributed by atoms with E-state index in [-0.39, 0.29) is 0 Å². The van der Waals surface area contributed by atoms with Crippen molar-refractivity contribution in [3.8, 4) is 0 Å². The first kappa shape index (κ1) is 7.35. The van der Waals surface area contributed by atoms with Crippen molar-refractivity contribution in [1.82, 2.24) is 0 Å². The molecule has 0 fully saturated rings. The smallest absolute Gasteiger partial charge is 0.0278 e. The maximum atomic E-state index is 2.26. The summed E-state index contributed by atoms with van der Waals surface area (Å²) >= 11 is 1.22. The van der Waals surface area contributed by atoms with E-state index in [0.29, 0.717) is 0 Å². The molecule has 46 valence electrons. The molecular weight excluding hydrogens is 104 g/mol. The third-order valence-corrected chi connectivity index (χ3v) is 2.16. The molecule has 0 saturated carbocycles. The van der Waals surface area contributed by atoms with Crippen LogP contribution in [-0.4, -0.2) is 11.5 Å². The van der Waals surface area contributed by atoms with E-state index in [1.54, 1.807) is 0 Å². The second kappa shape index (κ2) is 6.35. The van der Waals surface area contributed by atoms with Crippen LogP contribution in [0.25, 0.3) is 0 Å². The molecule has 0 aromatic carbocycles. The summed E-state index contributed by atoms with van der Waals surface area (Å²) in [6.07, 6.45) is 2.80. The van der Waals surface area contributed by atoms with Crippen LogP contribution in [-0.2, 0) is 0 Å². The average Bonchev–Trinajstić information content (AvgIpc) is 1.69. The van der Waals surface area contributed by atoms with Crippen LogP contribution in [0.5, 0.6) is 0 Å². The summed E-state index contributed by atoms with van der Waals surface area (Å²) < 4.78 is 0. The molecule has 0 atom stereocenters. The van der Waals surface area contributed by atoms with Crippen LogP contribution in [0.3, 0.4) is 0 Å². The van der Waals surface area contributed by atoms with Crippen LogP contribution < -0.4 is 0 Å². The van der Waals surface area contributed by atoms with Crippen molar-refractivity contribution < 1.29 is 0 Å². The van der Waals surface area contributed by atoms with Gasteiger partial charge in [0.15, 0.2) is 0 Å². The molecule has 7 heavy (non-hydrogen) atoms. The fourth-order valence-corrected chi connectivity index (χ4v) is 1.44. The van der Waals surface area contributed by atoms with E-state index in [4.69, 9.17) is 0 Å². The lowest BCUT2D eigenvalue weighted by Crippen LogP contribution is -1.76. The largest absolute Gasteiger partial charge is 0.266 e. The fraction of sp³-hybridized carbons (Fsp3) is 1.00. The zero-order valence-electron chi connectivity index (χ0n) is 5.33.